The monoisotopic (exact) mass is 604 g/mol. The van der Waals surface area contributed by atoms with E-state index in [0.29, 0.717) is 34.2 Å². The van der Waals surface area contributed by atoms with Crippen molar-refractivity contribution in [2.24, 2.45) is 0 Å². The Labute approximate surface area is 245 Å². The molecule has 0 aliphatic heterocycles. The number of rotatable bonds is 6. The molecule has 0 spiro atoms. The number of hydrogen-bond donors (Lipinski definition) is 2. The van der Waals surface area contributed by atoms with Crippen molar-refractivity contribution in [2.45, 2.75) is 13.1 Å². The fourth-order valence-corrected chi connectivity index (χ4v) is 3.78. The first kappa shape index (κ1) is 29.5. The Balaban J connectivity index is 0.000000493. The highest BCUT2D eigenvalue weighted by Gasteiger charge is 2.38. The number of benzene rings is 2. The van der Waals surface area contributed by atoms with E-state index in [1.54, 1.807) is 29.5 Å². The fourth-order valence-electron chi connectivity index (χ4n) is 3.78. The van der Waals surface area contributed by atoms with Gasteiger partial charge in [-0.05, 0) is 73.2 Å². The summed E-state index contributed by atoms with van der Waals surface area (Å²) in [6, 6.07) is 17.9. The zero-order valence-corrected chi connectivity index (χ0v) is 22.6. The Hall–Kier alpha value is -5.99. The molecule has 44 heavy (non-hydrogen) atoms. The minimum Gasteiger partial charge on any atom is -0.475 e. The minimum absolute atomic E-state index is 0.382. The third-order valence-electron chi connectivity index (χ3n) is 5.91. The second kappa shape index (κ2) is 12.5. The first-order chi connectivity index (χ1) is 21.0. The van der Waals surface area contributed by atoms with Crippen molar-refractivity contribution in [3.63, 3.8) is 0 Å². The van der Waals surface area contributed by atoms with Gasteiger partial charge in [-0.15, -0.1) is 5.10 Å². The van der Waals surface area contributed by atoms with Crippen LogP contribution in [-0.2, 0) is 4.79 Å². The maximum absolute atomic E-state index is 14.3. The van der Waals surface area contributed by atoms with Gasteiger partial charge in [-0.25, -0.2) is 28.8 Å². The van der Waals surface area contributed by atoms with E-state index >= 15 is 0 Å². The summed E-state index contributed by atoms with van der Waals surface area (Å²) in [5.74, 6) is -2.15. The first-order valence-electron chi connectivity index (χ1n) is 12.6. The number of nitrogens with zero attached hydrogens (tertiary/aromatic N) is 7. The van der Waals surface area contributed by atoms with Gasteiger partial charge in [0.05, 0.1) is 17.6 Å². The number of nitrogens with one attached hydrogen (secondary N) is 1. The highest BCUT2D eigenvalue weighted by Crippen LogP contribution is 2.27. The van der Waals surface area contributed by atoms with Crippen LogP contribution in [0.3, 0.4) is 0 Å². The van der Waals surface area contributed by atoms with E-state index in [-0.39, 0.29) is 5.82 Å². The second-order valence-electron chi connectivity index (χ2n) is 9.08. The summed E-state index contributed by atoms with van der Waals surface area (Å²) >= 11 is 0. The quantitative estimate of drug-likeness (QED) is 0.209. The Kier molecular flexibility index (Phi) is 8.37. The largest absolute Gasteiger partial charge is 0.490 e. The molecule has 0 bridgehead atoms. The molecule has 6 rings (SSSR count). The van der Waals surface area contributed by atoms with Crippen molar-refractivity contribution < 1.29 is 32.0 Å². The lowest BCUT2D eigenvalue weighted by molar-refractivity contribution is -0.192. The van der Waals surface area contributed by atoms with E-state index in [1.165, 1.54) is 24.6 Å². The lowest BCUT2D eigenvalue weighted by Gasteiger charge is -2.09. The predicted octanol–water partition coefficient (Wildman–Crippen LogP) is 6.27. The Bertz CT molecular complexity index is 1870. The molecule has 4 aromatic heterocycles. The smallest absolute Gasteiger partial charge is 0.475 e. The van der Waals surface area contributed by atoms with Crippen LogP contribution >= 0.6 is 0 Å². The molecule has 0 amide bonds. The van der Waals surface area contributed by atoms with E-state index < -0.39 is 12.1 Å². The number of halogens is 4. The molecule has 0 aliphatic rings. The van der Waals surface area contributed by atoms with Crippen molar-refractivity contribution in [2.75, 3.05) is 5.32 Å². The van der Waals surface area contributed by atoms with Crippen LogP contribution in [0.5, 0.6) is 0 Å². The number of carboxylic acids is 1. The second-order valence-corrected chi connectivity index (χ2v) is 9.08. The van der Waals surface area contributed by atoms with E-state index in [1.807, 2.05) is 49.4 Å². The summed E-state index contributed by atoms with van der Waals surface area (Å²) in [4.78, 5) is 26.5. The molecule has 2 aromatic carbocycles. The van der Waals surface area contributed by atoms with Crippen molar-refractivity contribution in [1.29, 1.82) is 0 Å². The molecule has 0 aliphatic carbocycles. The van der Waals surface area contributed by atoms with Gasteiger partial charge in [0.1, 0.15) is 18.4 Å². The maximum Gasteiger partial charge on any atom is 0.490 e. The number of alkyl halides is 3. The Morgan fingerprint density at radius 2 is 1.66 bits per heavy atom. The molecule has 0 saturated carbocycles. The van der Waals surface area contributed by atoms with Crippen LogP contribution in [0, 0.1) is 12.7 Å². The predicted molar refractivity (Wildman–Crippen MR) is 149 cm³/mol. The Morgan fingerprint density at radius 3 is 2.32 bits per heavy atom. The number of carboxylic acid groups (broad SMARTS) is 1. The van der Waals surface area contributed by atoms with Crippen LogP contribution in [0.1, 0.15) is 5.69 Å². The average Bonchev–Trinajstić information content (AvgIpc) is 3.71. The number of aromatic nitrogens is 7. The minimum atomic E-state index is -5.08. The van der Waals surface area contributed by atoms with Gasteiger partial charge >= 0.3 is 12.1 Å². The van der Waals surface area contributed by atoms with Crippen LogP contribution in [0.2, 0.25) is 0 Å². The molecule has 0 radical (unpaired) electrons. The molecule has 6 aromatic rings. The van der Waals surface area contributed by atoms with Gasteiger partial charge in [-0.2, -0.15) is 13.2 Å². The van der Waals surface area contributed by atoms with Gasteiger partial charge in [-0.1, -0.05) is 5.16 Å². The van der Waals surface area contributed by atoms with Crippen LogP contribution in [0.15, 0.2) is 96.4 Å². The average molecular weight is 605 g/mol. The third-order valence-corrected chi connectivity index (χ3v) is 5.91. The normalized spacial score (nSPS) is 11.0. The summed E-state index contributed by atoms with van der Waals surface area (Å²) in [5.41, 5.74) is 5.95. The summed E-state index contributed by atoms with van der Waals surface area (Å²) in [6.45, 7) is 1.94. The maximum atomic E-state index is 14.3. The number of aryl methyl sites for hydroxylation is 1. The topological polar surface area (TPSA) is 145 Å². The molecule has 4 heterocycles. The van der Waals surface area contributed by atoms with Gasteiger partial charge in [0.15, 0.2) is 5.82 Å². The molecule has 2 N–H and O–H groups in total. The molecule has 0 atom stereocenters. The fraction of sp³-hybridized carbons (Fsp3) is 0.0690. The van der Waals surface area contributed by atoms with Gasteiger partial charge in [0, 0.05) is 40.5 Å². The Morgan fingerprint density at radius 1 is 0.909 bits per heavy atom. The molecular formula is C29H20F4N8O3. The van der Waals surface area contributed by atoms with E-state index in [4.69, 9.17) is 14.4 Å². The summed E-state index contributed by atoms with van der Waals surface area (Å²) < 4.78 is 52.6. The number of hydrogen-bond acceptors (Lipinski definition) is 9. The van der Waals surface area contributed by atoms with E-state index in [2.05, 4.69) is 35.5 Å². The SMILES string of the molecule is Cc1ccc(-c2ncn(-c3ccc(Nc4nccc(-c5cc(F)cc(-c6cnoc6)c5)n4)cc3)n2)cn1.O=C(O)C(F)(F)F. The number of pyridine rings is 1. The molecule has 0 unspecified atom stereocenters. The number of anilines is 2. The lowest BCUT2D eigenvalue weighted by atomic mass is 10.0. The van der Waals surface area contributed by atoms with Gasteiger partial charge < -0.3 is 14.9 Å². The molecular weight excluding hydrogens is 584 g/mol. The molecule has 0 saturated heterocycles. The third kappa shape index (κ3) is 7.25. The highest BCUT2D eigenvalue weighted by atomic mass is 19.4. The van der Waals surface area contributed by atoms with Gasteiger partial charge in [-0.3, -0.25) is 4.98 Å². The summed E-state index contributed by atoms with van der Waals surface area (Å²) in [5, 5.41) is 18.6. The molecule has 15 heteroatoms. The zero-order valence-electron chi connectivity index (χ0n) is 22.6. The van der Waals surface area contributed by atoms with Crippen molar-refractivity contribution >= 4 is 17.6 Å². The van der Waals surface area contributed by atoms with Crippen LogP contribution in [0.25, 0.3) is 39.5 Å². The van der Waals surface area contributed by atoms with Crippen molar-refractivity contribution in [3.05, 3.63) is 103 Å². The lowest BCUT2D eigenvalue weighted by Crippen LogP contribution is -2.21. The van der Waals surface area contributed by atoms with Crippen molar-refractivity contribution in [1.82, 2.24) is 34.9 Å². The highest BCUT2D eigenvalue weighted by molar-refractivity contribution is 5.73. The summed E-state index contributed by atoms with van der Waals surface area (Å²) in [7, 11) is 0. The van der Waals surface area contributed by atoms with Crippen LogP contribution < -0.4 is 5.32 Å². The number of carbonyl (C=O) groups is 1. The van der Waals surface area contributed by atoms with Gasteiger partial charge in [0.2, 0.25) is 5.95 Å². The van der Waals surface area contributed by atoms with E-state index in [9.17, 15) is 17.6 Å². The van der Waals surface area contributed by atoms with Crippen molar-refractivity contribution in [3.8, 4) is 39.5 Å². The molecule has 0 fully saturated rings. The standard InChI is InChI=1S/C27H19FN8O.C2HF3O2/c1-17-2-3-18(13-30-17)26-31-16-36(35-26)24-6-4-23(5-7-24)33-27-29-9-8-25(34-27)20-10-19(11-22(28)12-20)21-14-32-37-15-21;3-2(4,5)1(6)7/h2-16H,1H3,(H,29,33,34);(H,6,7). The number of aliphatic carboxylic acids is 1. The van der Waals surface area contributed by atoms with Crippen LogP contribution in [-0.4, -0.2) is 52.1 Å². The zero-order chi connectivity index (χ0) is 31.3. The first-order valence-corrected chi connectivity index (χ1v) is 12.6. The van der Waals surface area contributed by atoms with Gasteiger partial charge in [0.25, 0.3) is 0 Å². The van der Waals surface area contributed by atoms with E-state index in [0.717, 1.165) is 22.6 Å². The summed E-state index contributed by atoms with van der Waals surface area (Å²) in [6.07, 6.45) is 2.97. The van der Waals surface area contributed by atoms with Crippen LogP contribution in [0.4, 0.5) is 29.2 Å². The molecule has 11 nitrogen and oxygen atoms in total. The molecule has 222 valence electrons.